The van der Waals surface area contributed by atoms with Crippen LogP contribution < -0.4 is 0 Å². The van der Waals surface area contributed by atoms with Gasteiger partial charge in [0.2, 0.25) is 0 Å². The second-order valence-corrected chi connectivity index (χ2v) is 3.55. The highest BCUT2D eigenvalue weighted by atomic mass is 19.1. The summed E-state index contributed by atoms with van der Waals surface area (Å²) in [5.74, 6) is -0.239. The van der Waals surface area contributed by atoms with Gasteiger partial charge in [0.05, 0.1) is 6.04 Å². The molecule has 0 bridgehead atoms. The quantitative estimate of drug-likeness (QED) is 0.687. The van der Waals surface area contributed by atoms with Gasteiger partial charge in [-0.2, -0.15) is 0 Å². The Morgan fingerprint density at radius 2 is 2.07 bits per heavy atom. The van der Waals surface area contributed by atoms with Crippen molar-refractivity contribution >= 4 is 6.29 Å². The number of carbonyl (C=O) groups excluding carboxylic acids is 1. The fourth-order valence-corrected chi connectivity index (χ4v) is 1.35. The van der Waals surface area contributed by atoms with Crippen LogP contribution in [0.3, 0.4) is 0 Å². The first-order valence-electron chi connectivity index (χ1n) is 4.44. The number of benzene rings is 1. The Balaban J connectivity index is 3.05. The highest BCUT2D eigenvalue weighted by Gasteiger charge is 2.13. The number of halogens is 1. The standard InChI is InChI=1S/C11H14FNO/c1-8-6-9(4-5-10(8)12)11(7-14)13(2)3/h4-7,11H,1-3H3. The van der Waals surface area contributed by atoms with E-state index < -0.39 is 0 Å². The van der Waals surface area contributed by atoms with Gasteiger partial charge in [-0.25, -0.2) is 4.39 Å². The number of hydrogen-bond donors (Lipinski definition) is 0. The van der Waals surface area contributed by atoms with Crippen LogP contribution in [0, 0.1) is 12.7 Å². The summed E-state index contributed by atoms with van der Waals surface area (Å²) in [5.41, 5.74) is 1.39. The van der Waals surface area contributed by atoms with E-state index >= 15 is 0 Å². The molecule has 0 aliphatic heterocycles. The van der Waals surface area contributed by atoms with E-state index in [-0.39, 0.29) is 11.9 Å². The van der Waals surface area contributed by atoms with Crippen LogP contribution in [-0.4, -0.2) is 25.3 Å². The topological polar surface area (TPSA) is 20.3 Å². The van der Waals surface area contributed by atoms with Crippen molar-refractivity contribution in [3.05, 3.63) is 35.1 Å². The molecule has 0 aliphatic carbocycles. The molecule has 76 valence electrons. The van der Waals surface area contributed by atoms with Crippen LogP contribution in [0.1, 0.15) is 17.2 Å². The van der Waals surface area contributed by atoms with Crippen LogP contribution in [0.4, 0.5) is 4.39 Å². The third-order valence-corrected chi connectivity index (χ3v) is 2.21. The number of nitrogens with zero attached hydrogens (tertiary/aromatic N) is 1. The van der Waals surface area contributed by atoms with Crippen molar-refractivity contribution in [2.45, 2.75) is 13.0 Å². The third kappa shape index (κ3) is 2.17. The van der Waals surface area contributed by atoms with Gasteiger partial charge in [0, 0.05) is 0 Å². The smallest absolute Gasteiger partial charge is 0.141 e. The molecular formula is C11H14FNO. The van der Waals surface area contributed by atoms with Crippen molar-refractivity contribution in [1.82, 2.24) is 4.90 Å². The monoisotopic (exact) mass is 195 g/mol. The summed E-state index contributed by atoms with van der Waals surface area (Å²) in [6, 6.07) is 4.44. The number of rotatable bonds is 3. The van der Waals surface area contributed by atoms with Gasteiger partial charge in [-0.1, -0.05) is 12.1 Å². The second-order valence-electron chi connectivity index (χ2n) is 3.55. The van der Waals surface area contributed by atoms with Crippen LogP contribution in [-0.2, 0) is 4.79 Å². The largest absolute Gasteiger partial charge is 0.301 e. The molecule has 0 aliphatic rings. The Labute approximate surface area is 83.3 Å². The van der Waals surface area contributed by atoms with Crippen LogP contribution in [0.5, 0.6) is 0 Å². The highest BCUT2D eigenvalue weighted by Crippen LogP contribution is 2.18. The second kappa shape index (κ2) is 4.33. The molecule has 1 unspecified atom stereocenters. The van der Waals surface area contributed by atoms with Crippen molar-refractivity contribution in [3.8, 4) is 0 Å². The van der Waals surface area contributed by atoms with Gasteiger partial charge < -0.3 is 4.79 Å². The van der Waals surface area contributed by atoms with Crippen LogP contribution in [0.15, 0.2) is 18.2 Å². The zero-order valence-electron chi connectivity index (χ0n) is 8.62. The molecule has 2 nitrogen and oxygen atoms in total. The Kier molecular flexibility index (Phi) is 3.36. The maximum Gasteiger partial charge on any atom is 0.141 e. The average Bonchev–Trinajstić information content (AvgIpc) is 2.11. The zero-order valence-corrected chi connectivity index (χ0v) is 8.62. The summed E-state index contributed by atoms with van der Waals surface area (Å²) in [6.45, 7) is 1.69. The molecule has 0 fully saturated rings. The third-order valence-electron chi connectivity index (χ3n) is 2.21. The summed E-state index contributed by atoms with van der Waals surface area (Å²) >= 11 is 0. The minimum absolute atomic E-state index is 0.239. The molecule has 0 N–H and O–H groups in total. The Bertz CT molecular complexity index is 336. The Morgan fingerprint density at radius 3 is 2.50 bits per heavy atom. The first-order chi connectivity index (χ1) is 6.56. The molecule has 0 amide bonds. The van der Waals surface area contributed by atoms with E-state index in [0.29, 0.717) is 5.56 Å². The lowest BCUT2D eigenvalue weighted by atomic mass is 10.0. The van der Waals surface area contributed by atoms with Gasteiger partial charge >= 0.3 is 0 Å². The predicted octanol–water partition coefficient (Wildman–Crippen LogP) is 1.94. The summed E-state index contributed by atoms with van der Waals surface area (Å²) in [6.07, 6.45) is 0.854. The minimum Gasteiger partial charge on any atom is -0.301 e. The van der Waals surface area contributed by atoms with E-state index in [1.165, 1.54) is 6.07 Å². The molecule has 1 aromatic carbocycles. The van der Waals surface area contributed by atoms with Gasteiger partial charge in [-0.15, -0.1) is 0 Å². The van der Waals surface area contributed by atoms with Crippen molar-refractivity contribution in [3.63, 3.8) is 0 Å². The van der Waals surface area contributed by atoms with E-state index in [9.17, 15) is 9.18 Å². The molecule has 0 spiro atoms. The Morgan fingerprint density at radius 1 is 1.43 bits per heavy atom. The zero-order chi connectivity index (χ0) is 10.7. The summed E-state index contributed by atoms with van der Waals surface area (Å²) in [4.78, 5) is 12.6. The van der Waals surface area contributed by atoms with Crippen LogP contribution in [0.2, 0.25) is 0 Å². The van der Waals surface area contributed by atoms with Crippen molar-refractivity contribution in [2.24, 2.45) is 0 Å². The molecule has 1 rings (SSSR count). The van der Waals surface area contributed by atoms with Gasteiger partial charge in [0.15, 0.2) is 0 Å². The van der Waals surface area contributed by atoms with Crippen LogP contribution >= 0.6 is 0 Å². The normalized spacial score (nSPS) is 12.9. The lowest BCUT2D eigenvalue weighted by Gasteiger charge is -2.19. The van der Waals surface area contributed by atoms with E-state index in [4.69, 9.17) is 0 Å². The van der Waals surface area contributed by atoms with E-state index in [0.717, 1.165) is 11.8 Å². The molecule has 0 saturated heterocycles. The molecule has 1 atom stereocenters. The fraction of sp³-hybridized carbons (Fsp3) is 0.364. The fourth-order valence-electron chi connectivity index (χ4n) is 1.35. The number of carbonyl (C=O) groups is 1. The van der Waals surface area contributed by atoms with E-state index in [1.54, 1.807) is 24.0 Å². The first-order valence-corrected chi connectivity index (χ1v) is 4.44. The average molecular weight is 195 g/mol. The first kappa shape index (κ1) is 10.9. The molecule has 0 radical (unpaired) electrons. The van der Waals surface area contributed by atoms with Gasteiger partial charge in [0.1, 0.15) is 12.1 Å². The summed E-state index contributed by atoms with van der Waals surface area (Å²) in [5, 5.41) is 0. The molecule has 3 heteroatoms. The number of aryl methyl sites for hydroxylation is 1. The van der Waals surface area contributed by atoms with Gasteiger partial charge in [0.25, 0.3) is 0 Å². The lowest BCUT2D eigenvalue weighted by Crippen LogP contribution is -2.21. The number of aldehydes is 1. The Hall–Kier alpha value is -1.22. The summed E-state index contributed by atoms with van der Waals surface area (Å²) in [7, 11) is 3.63. The highest BCUT2D eigenvalue weighted by molar-refractivity contribution is 5.61. The predicted molar refractivity (Wildman–Crippen MR) is 53.6 cm³/mol. The van der Waals surface area contributed by atoms with Gasteiger partial charge in [-0.05, 0) is 38.2 Å². The van der Waals surface area contributed by atoms with Gasteiger partial charge in [-0.3, -0.25) is 4.90 Å². The van der Waals surface area contributed by atoms with Crippen molar-refractivity contribution < 1.29 is 9.18 Å². The SMILES string of the molecule is Cc1cc(C(C=O)N(C)C)ccc1F. The molecule has 0 heterocycles. The van der Waals surface area contributed by atoms with E-state index in [1.807, 2.05) is 14.1 Å². The van der Waals surface area contributed by atoms with Crippen molar-refractivity contribution in [1.29, 1.82) is 0 Å². The maximum atomic E-state index is 13.0. The van der Waals surface area contributed by atoms with Crippen molar-refractivity contribution in [2.75, 3.05) is 14.1 Å². The molecule has 0 aromatic heterocycles. The number of likely N-dealkylation sites (N-methyl/N-ethyl adjacent to an activating group) is 1. The van der Waals surface area contributed by atoms with E-state index in [2.05, 4.69) is 0 Å². The lowest BCUT2D eigenvalue weighted by molar-refractivity contribution is -0.111. The molecule has 0 saturated carbocycles. The minimum atomic E-state index is -0.297. The molecule has 1 aromatic rings. The maximum absolute atomic E-state index is 13.0. The molecular weight excluding hydrogens is 181 g/mol. The number of hydrogen-bond acceptors (Lipinski definition) is 2. The van der Waals surface area contributed by atoms with Crippen LogP contribution in [0.25, 0.3) is 0 Å². The summed E-state index contributed by atoms with van der Waals surface area (Å²) < 4.78 is 13.0. The molecule has 14 heavy (non-hydrogen) atoms.